The summed E-state index contributed by atoms with van der Waals surface area (Å²) in [5.41, 5.74) is 8.03. The molecule has 114 valence electrons. The molecule has 0 fully saturated rings. The van der Waals surface area contributed by atoms with Crippen molar-refractivity contribution in [2.75, 3.05) is 6.73 Å². The van der Waals surface area contributed by atoms with Crippen LogP contribution in [0.5, 0.6) is 5.75 Å². The van der Waals surface area contributed by atoms with Crippen molar-refractivity contribution in [2.24, 2.45) is 5.10 Å². The van der Waals surface area contributed by atoms with Gasteiger partial charge in [0.1, 0.15) is 5.75 Å². The molecule has 0 bridgehead atoms. The second kappa shape index (κ2) is 6.84. The van der Waals surface area contributed by atoms with Crippen LogP contribution >= 0.6 is 11.6 Å². The van der Waals surface area contributed by atoms with Crippen molar-refractivity contribution in [1.82, 2.24) is 5.43 Å². The molecule has 0 amide bonds. The van der Waals surface area contributed by atoms with Crippen molar-refractivity contribution >= 4 is 17.3 Å². The van der Waals surface area contributed by atoms with Gasteiger partial charge in [-0.2, -0.15) is 5.10 Å². The molecule has 0 unspecified atom stereocenters. The summed E-state index contributed by atoms with van der Waals surface area (Å²) in [7, 11) is 0. The minimum absolute atomic E-state index is 0.323. The third-order valence-corrected chi connectivity index (χ3v) is 4.13. The lowest BCUT2D eigenvalue weighted by atomic mass is 10.0. The van der Waals surface area contributed by atoms with Crippen molar-refractivity contribution in [1.29, 1.82) is 0 Å². The lowest BCUT2D eigenvalue weighted by molar-refractivity contribution is 0.287. The standard InChI is InChI=1S/C18H19ClN2O/c1-13(15-6-5-14-3-2-4-16(14)11-15)21-20-12-22-18-9-7-17(19)8-10-18/h5-11,20H,2-4,12H2,1H3/b21-13-. The Hall–Kier alpha value is -2.00. The third kappa shape index (κ3) is 3.60. The zero-order valence-corrected chi connectivity index (χ0v) is 13.4. The second-order valence-corrected chi connectivity index (χ2v) is 5.87. The van der Waals surface area contributed by atoms with Crippen LogP contribution in [0.25, 0.3) is 0 Å². The Morgan fingerprint density at radius 3 is 2.73 bits per heavy atom. The van der Waals surface area contributed by atoms with Gasteiger partial charge in [0.15, 0.2) is 6.73 Å². The molecule has 0 spiro atoms. The minimum Gasteiger partial charge on any atom is -0.472 e. The molecule has 0 saturated carbocycles. The number of hydrogen-bond acceptors (Lipinski definition) is 3. The Bertz CT molecular complexity index is 680. The largest absolute Gasteiger partial charge is 0.472 e. The minimum atomic E-state index is 0.323. The number of hydrogen-bond donors (Lipinski definition) is 1. The van der Waals surface area contributed by atoms with Crippen LogP contribution in [-0.4, -0.2) is 12.4 Å². The number of hydrazone groups is 1. The van der Waals surface area contributed by atoms with E-state index in [1.807, 2.05) is 19.1 Å². The van der Waals surface area contributed by atoms with Crippen molar-refractivity contribution in [3.05, 3.63) is 64.2 Å². The summed E-state index contributed by atoms with van der Waals surface area (Å²) in [5.74, 6) is 0.766. The second-order valence-electron chi connectivity index (χ2n) is 5.43. The van der Waals surface area contributed by atoms with E-state index in [0.29, 0.717) is 11.8 Å². The monoisotopic (exact) mass is 314 g/mol. The van der Waals surface area contributed by atoms with E-state index in [4.69, 9.17) is 16.3 Å². The number of nitrogens with one attached hydrogen (secondary N) is 1. The maximum atomic E-state index is 5.83. The van der Waals surface area contributed by atoms with E-state index >= 15 is 0 Å². The highest BCUT2D eigenvalue weighted by Crippen LogP contribution is 2.23. The fraction of sp³-hybridized carbons (Fsp3) is 0.278. The summed E-state index contributed by atoms with van der Waals surface area (Å²) in [4.78, 5) is 0. The topological polar surface area (TPSA) is 33.6 Å². The fourth-order valence-electron chi connectivity index (χ4n) is 2.66. The summed E-state index contributed by atoms with van der Waals surface area (Å²) in [6.07, 6.45) is 3.66. The number of rotatable bonds is 5. The highest BCUT2D eigenvalue weighted by molar-refractivity contribution is 6.30. The van der Waals surface area contributed by atoms with Gasteiger partial charge in [0, 0.05) is 5.02 Å². The van der Waals surface area contributed by atoms with E-state index in [1.54, 1.807) is 12.1 Å². The number of nitrogens with zero attached hydrogens (tertiary/aromatic N) is 1. The number of fused-ring (bicyclic) bond motifs is 1. The molecule has 4 heteroatoms. The average Bonchev–Trinajstić information content (AvgIpc) is 3.00. The van der Waals surface area contributed by atoms with Gasteiger partial charge in [-0.25, -0.2) is 0 Å². The first-order chi connectivity index (χ1) is 10.7. The van der Waals surface area contributed by atoms with Gasteiger partial charge in [0.2, 0.25) is 0 Å². The smallest absolute Gasteiger partial charge is 0.173 e. The Morgan fingerprint density at radius 2 is 1.91 bits per heavy atom. The van der Waals surface area contributed by atoms with Gasteiger partial charge in [-0.3, -0.25) is 5.43 Å². The van der Waals surface area contributed by atoms with E-state index in [9.17, 15) is 0 Å². The normalized spacial score (nSPS) is 13.8. The number of halogens is 1. The summed E-state index contributed by atoms with van der Waals surface area (Å²) in [5, 5.41) is 5.07. The molecule has 3 nitrogen and oxygen atoms in total. The van der Waals surface area contributed by atoms with Gasteiger partial charge in [0.05, 0.1) is 5.71 Å². The SMILES string of the molecule is C/C(=N/NCOc1ccc(Cl)cc1)c1ccc2c(c1)CCC2. The molecule has 0 heterocycles. The maximum Gasteiger partial charge on any atom is 0.173 e. The lowest BCUT2D eigenvalue weighted by Gasteiger charge is -2.08. The van der Waals surface area contributed by atoms with Crippen molar-refractivity contribution < 1.29 is 4.74 Å². The molecule has 3 rings (SSSR count). The summed E-state index contributed by atoms with van der Waals surface area (Å²) >= 11 is 5.83. The number of benzene rings is 2. The molecular formula is C18H19ClN2O. The lowest BCUT2D eigenvalue weighted by Crippen LogP contribution is -2.16. The predicted molar refractivity (Wildman–Crippen MR) is 90.8 cm³/mol. The summed E-state index contributed by atoms with van der Waals surface area (Å²) < 4.78 is 5.54. The number of aryl methyl sites for hydroxylation is 2. The Balaban J connectivity index is 1.55. The quantitative estimate of drug-likeness (QED) is 0.389. The van der Waals surface area contributed by atoms with E-state index in [-0.39, 0.29) is 0 Å². The van der Waals surface area contributed by atoms with Crippen LogP contribution in [0.1, 0.15) is 30.0 Å². The van der Waals surface area contributed by atoms with Crippen LogP contribution in [0.3, 0.4) is 0 Å². The Kier molecular flexibility index (Phi) is 4.64. The van der Waals surface area contributed by atoms with Crippen LogP contribution in [0.2, 0.25) is 5.02 Å². The molecule has 0 atom stereocenters. The molecule has 1 aliphatic carbocycles. The first-order valence-electron chi connectivity index (χ1n) is 7.50. The van der Waals surface area contributed by atoms with Crippen molar-refractivity contribution in [3.8, 4) is 5.75 Å². The Labute approximate surface area is 136 Å². The van der Waals surface area contributed by atoms with Gasteiger partial charge in [-0.1, -0.05) is 23.7 Å². The molecule has 1 N–H and O–H groups in total. The molecule has 2 aromatic rings. The fourth-order valence-corrected chi connectivity index (χ4v) is 2.78. The molecule has 0 saturated heterocycles. The molecule has 22 heavy (non-hydrogen) atoms. The van der Waals surface area contributed by atoms with Crippen LogP contribution in [0.15, 0.2) is 47.6 Å². The molecular weight excluding hydrogens is 296 g/mol. The highest BCUT2D eigenvalue weighted by Gasteiger charge is 2.11. The van der Waals surface area contributed by atoms with E-state index in [2.05, 4.69) is 28.7 Å². The zero-order chi connectivity index (χ0) is 15.4. The Morgan fingerprint density at radius 1 is 1.14 bits per heavy atom. The molecule has 0 aliphatic heterocycles. The zero-order valence-electron chi connectivity index (χ0n) is 12.6. The molecule has 2 aromatic carbocycles. The predicted octanol–water partition coefficient (Wildman–Crippen LogP) is 4.18. The van der Waals surface area contributed by atoms with E-state index in [0.717, 1.165) is 11.5 Å². The van der Waals surface area contributed by atoms with Crippen LogP contribution in [-0.2, 0) is 12.8 Å². The van der Waals surface area contributed by atoms with E-state index in [1.165, 1.54) is 36.0 Å². The maximum absolute atomic E-state index is 5.83. The summed E-state index contributed by atoms with van der Waals surface area (Å²) in [6, 6.07) is 13.9. The van der Waals surface area contributed by atoms with Crippen LogP contribution < -0.4 is 10.2 Å². The first-order valence-corrected chi connectivity index (χ1v) is 7.88. The van der Waals surface area contributed by atoms with E-state index < -0.39 is 0 Å². The van der Waals surface area contributed by atoms with Gasteiger partial charge < -0.3 is 4.74 Å². The summed E-state index contributed by atoms with van der Waals surface area (Å²) in [6.45, 7) is 2.33. The van der Waals surface area contributed by atoms with Gasteiger partial charge in [-0.15, -0.1) is 0 Å². The van der Waals surface area contributed by atoms with Gasteiger partial charge >= 0.3 is 0 Å². The third-order valence-electron chi connectivity index (χ3n) is 3.88. The van der Waals surface area contributed by atoms with Gasteiger partial charge in [-0.05, 0) is 73.2 Å². The van der Waals surface area contributed by atoms with Crippen LogP contribution in [0.4, 0.5) is 0 Å². The first kappa shape index (κ1) is 14.9. The van der Waals surface area contributed by atoms with Crippen molar-refractivity contribution in [3.63, 3.8) is 0 Å². The number of ether oxygens (including phenoxy) is 1. The molecule has 0 aromatic heterocycles. The van der Waals surface area contributed by atoms with Gasteiger partial charge in [0.25, 0.3) is 0 Å². The molecule has 0 radical (unpaired) electrons. The molecule has 1 aliphatic rings. The van der Waals surface area contributed by atoms with Crippen LogP contribution in [0, 0.1) is 0 Å². The highest BCUT2D eigenvalue weighted by atomic mass is 35.5. The average molecular weight is 315 g/mol. The van der Waals surface area contributed by atoms with Crippen molar-refractivity contribution in [2.45, 2.75) is 26.2 Å².